The molecule has 0 atom stereocenters. The molecule has 2 heterocycles. The Bertz CT molecular complexity index is 970. The molecule has 0 aliphatic rings. The van der Waals surface area contributed by atoms with Gasteiger partial charge in [0.2, 0.25) is 5.95 Å². The number of benzene rings is 1. The van der Waals surface area contributed by atoms with Crippen molar-refractivity contribution in [1.82, 2.24) is 14.5 Å². The molecule has 7 nitrogen and oxygen atoms in total. The molecule has 0 aliphatic heterocycles. The van der Waals surface area contributed by atoms with Crippen molar-refractivity contribution < 1.29 is 10.2 Å². The minimum atomic E-state index is -0.572. The van der Waals surface area contributed by atoms with Crippen LogP contribution >= 0.6 is 11.6 Å². The van der Waals surface area contributed by atoms with Gasteiger partial charge in [-0.1, -0.05) is 29.8 Å². The number of nitrogens with one attached hydrogen (secondary N) is 1. The predicted octanol–water partition coefficient (Wildman–Crippen LogP) is 1.41. The second kappa shape index (κ2) is 7.18. The number of rotatable bonds is 5. The van der Waals surface area contributed by atoms with Crippen LogP contribution in [-0.4, -0.2) is 44.0 Å². The van der Waals surface area contributed by atoms with Crippen molar-refractivity contribution in [1.29, 1.82) is 0 Å². The molecular formula is C17H17ClN4O3. The lowest BCUT2D eigenvalue weighted by molar-refractivity contribution is 0.203. The molecule has 3 rings (SSSR count). The smallest absolute Gasteiger partial charge is 0.259 e. The van der Waals surface area contributed by atoms with Crippen molar-refractivity contribution in [3.63, 3.8) is 0 Å². The Kier molecular flexibility index (Phi) is 4.98. The van der Waals surface area contributed by atoms with Gasteiger partial charge < -0.3 is 15.5 Å². The first-order valence-electron chi connectivity index (χ1n) is 7.65. The highest BCUT2D eigenvalue weighted by Crippen LogP contribution is 2.26. The summed E-state index contributed by atoms with van der Waals surface area (Å²) in [5.74, 6) is 0.223. The van der Waals surface area contributed by atoms with Crippen molar-refractivity contribution in [2.45, 2.75) is 6.04 Å². The van der Waals surface area contributed by atoms with E-state index in [0.29, 0.717) is 27.2 Å². The molecule has 0 radical (unpaired) electrons. The van der Waals surface area contributed by atoms with E-state index in [0.717, 1.165) is 0 Å². The standard InChI is InChI=1S/C17H17ClN4O3/c1-22-15-10(7-19-17(21-15)20-11(8-23)9-24)6-13(16(22)25)12-4-2-3-5-14(12)18/h2-7,11,23-24H,8-9H2,1H3,(H,19,20,21). The highest BCUT2D eigenvalue weighted by Gasteiger charge is 2.14. The maximum Gasteiger partial charge on any atom is 0.259 e. The number of pyridine rings is 1. The molecule has 2 aromatic heterocycles. The molecule has 0 spiro atoms. The number of nitrogens with zero attached hydrogens (tertiary/aromatic N) is 3. The number of aromatic nitrogens is 3. The molecule has 130 valence electrons. The summed E-state index contributed by atoms with van der Waals surface area (Å²) in [7, 11) is 1.62. The molecule has 0 fully saturated rings. The fourth-order valence-electron chi connectivity index (χ4n) is 2.52. The van der Waals surface area contributed by atoms with E-state index >= 15 is 0 Å². The summed E-state index contributed by atoms with van der Waals surface area (Å²) in [6.45, 7) is -0.523. The quantitative estimate of drug-likeness (QED) is 0.636. The molecule has 0 bridgehead atoms. The minimum Gasteiger partial charge on any atom is -0.394 e. The van der Waals surface area contributed by atoms with Crippen LogP contribution in [0.3, 0.4) is 0 Å². The summed E-state index contributed by atoms with van der Waals surface area (Å²) < 4.78 is 1.42. The summed E-state index contributed by atoms with van der Waals surface area (Å²) in [5, 5.41) is 22.3. The van der Waals surface area contributed by atoms with E-state index < -0.39 is 6.04 Å². The van der Waals surface area contributed by atoms with Crippen LogP contribution in [0.2, 0.25) is 5.02 Å². The lowest BCUT2D eigenvalue weighted by Gasteiger charge is -2.14. The Morgan fingerprint density at radius 1 is 1.24 bits per heavy atom. The molecular weight excluding hydrogens is 344 g/mol. The van der Waals surface area contributed by atoms with Crippen LogP contribution in [0.5, 0.6) is 0 Å². The van der Waals surface area contributed by atoms with Crippen LogP contribution in [0, 0.1) is 0 Å². The molecule has 3 aromatic rings. The number of aliphatic hydroxyl groups excluding tert-OH is 2. The van der Waals surface area contributed by atoms with Gasteiger partial charge in [0, 0.05) is 34.8 Å². The summed E-state index contributed by atoms with van der Waals surface area (Å²) in [4.78, 5) is 21.2. The van der Waals surface area contributed by atoms with Crippen molar-refractivity contribution >= 4 is 28.6 Å². The Labute approximate surface area is 148 Å². The molecule has 0 saturated carbocycles. The number of fused-ring (bicyclic) bond motifs is 1. The van der Waals surface area contributed by atoms with Crippen LogP contribution in [0.1, 0.15) is 0 Å². The zero-order valence-corrected chi connectivity index (χ0v) is 14.2. The van der Waals surface area contributed by atoms with Crippen molar-refractivity contribution in [3.8, 4) is 11.1 Å². The molecule has 25 heavy (non-hydrogen) atoms. The maximum absolute atomic E-state index is 12.7. The minimum absolute atomic E-state index is 0.223. The van der Waals surface area contributed by atoms with Gasteiger partial charge >= 0.3 is 0 Å². The number of hydrogen-bond donors (Lipinski definition) is 3. The SMILES string of the molecule is Cn1c(=O)c(-c2ccccc2Cl)cc2cnc(NC(CO)CO)nc21. The second-order valence-corrected chi connectivity index (χ2v) is 5.99. The first-order valence-corrected chi connectivity index (χ1v) is 8.03. The average molecular weight is 361 g/mol. The summed E-state index contributed by atoms with van der Waals surface area (Å²) in [5.41, 5.74) is 1.32. The largest absolute Gasteiger partial charge is 0.394 e. The average Bonchev–Trinajstić information content (AvgIpc) is 2.63. The number of aryl methyl sites for hydroxylation is 1. The van der Waals surface area contributed by atoms with Crippen LogP contribution in [0.25, 0.3) is 22.2 Å². The molecule has 8 heteroatoms. The van der Waals surface area contributed by atoms with E-state index in [1.165, 1.54) is 4.57 Å². The molecule has 0 amide bonds. The lowest BCUT2D eigenvalue weighted by Crippen LogP contribution is -2.29. The predicted molar refractivity (Wildman–Crippen MR) is 96.8 cm³/mol. The number of halogens is 1. The summed E-state index contributed by atoms with van der Waals surface area (Å²) in [6, 6.07) is 8.27. The highest BCUT2D eigenvalue weighted by atomic mass is 35.5. The van der Waals surface area contributed by atoms with Gasteiger partial charge in [-0.05, 0) is 12.1 Å². The highest BCUT2D eigenvalue weighted by molar-refractivity contribution is 6.33. The van der Waals surface area contributed by atoms with E-state index in [1.807, 2.05) is 6.07 Å². The summed E-state index contributed by atoms with van der Waals surface area (Å²) in [6.07, 6.45) is 1.58. The Hall–Kier alpha value is -2.48. The van der Waals surface area contributed by atoms with Gasteiger partial charge in [0.05, 0.1) is 19.3 Å². The van der Waals surface area contributed by atoms with Gasteiger partial charge in [-0.25, -0.2) is 4.98 Å². The second-order valence-electron chi connectivity index (χ2n) is 5.58. The number of aliphatic hydroxyl groups is 2. The summed E-state index contributed by atoms with van der Waals surface area (Å²) >= 11 is 6.21. The first kappa shape index (κ1) is 17.3. The fourth-order valence-corrected chi connectivity index (χ4v) is 2.76. The molecule has 0 aliphatic carbocycles. The Balaban J connectivity index is 2.12. The van der Waals surface area contributed by atoms with Crippen LogP contribution in [-0.2, 0) is 7.05 Å². The third kappa shape index (κ3) is 3.34. The fraction of sp³-hybridized carbons (Fsp3) is 0.235. The van der Waals surface area contributed by atoms with Crippen molar-refractivity contribution in [2.24, 2.45) is 7.05 Å². The molecule has 0 unspecified atom stereocenters. The van der Waals surface area contributed by atoms with Gasteiger partial charge in [-0.3, -0.25) is 9.36 Å². The third-order valence-electron chi connectivity index (χ3n) is 3.89. The van der Waals surface area contributed by atoms with Crippen LogP contribution in [0.4, 0.5) is 5.95 Å². The normalized spacial score (nSPS) is 11.2. The topological polar surface area (TPSA) is 100 Å². The van der Waals surface area contributed by atoms with Gasteiger partial charge in [0.25, 0.3) is 5.56 Å². The van der Waals surface area contributed by atoms with E-state index in [2.05, 4.69) is 15.3 Å². The van der Waals surface area contributed by atoms with Crippen molar-refractivity contribution in [3.05, 3.63) is 51.9 Å². The Morgan fingerprint density at radius 2 is 1.96 bits per heavy atom. The van der Waals surface area contributed by atoms with Crippen LogP contribution < -0.4 is 10.9 Å². The van der Waals surface area contributed by atoms with Gasteiger partial charge in [0.15, 0.2) is 0 Å². The van der Waals surface area contributed by atoms with E-state index in [4.69, 9.17) is 21.8 Å². The zero-order chi connectivity index (χ0) is 18.0. The number of anilines is 1. The van der Waals surface area contributed by atoms with Gasteiger partial charge in [0.1, 0.15) is 5.65 Å². The van der Waals surface area contributed by atoms with Gasteiger partial charge in [-0.2, -0.15) is 4.98 Å². The van der Waals surface area contributed by atoms with E-state index in [9.17, 15) is 4.79 Å². The lowest BCUT2D eigenvalue weighted by atomic mass is 10.1. The third-order valence-corrected chi connectivity index (χ3v) is 4.22. The van der Waals surface area contributed by atoms with Crippen LogP contribution in [0.15, 0.2) is 41.3 Å². The first-order chi connectivity index (χ1) is 12.0. The van der Waals surface area contributed by atoms with E-state index in [-0.39, 0.29) is 24.7 Å². The molecule has 3 N–H and O–H groups in total. The van der Waals surface area contributed by atoms with Gasteiger partial charge in [-0.15, -0.1) is 0 Å². The Morgan fingerprint density at radius 3 is 2.64 bits per heavy atom. The number of hydrogen-bond acceptors (Lipinski definition) is 6. The monoisotopic (exact) mass is 360 g/mol. The molecule has 1 aromatic carbocycles. The maximum atomic E-state index is 12.7. The zero-order valence-electron chi connectivity index (χ0n) is 13.5. The molecule has 0 saturated heterocycles. The van der Waals surface area contributed by atoms with E-state index in [1.54, 1.807) is 37.5 Å². The van der Waals surface area contributed by atoms with Crippen molar-refractivity contribution in [2.75, 3.05) is 18.5 Å².